The molecule has 0 aliphatic carbocycles. The summed E-state index contributed by atoms with van der Waals surface area (Å²) in [5, 5.41) is 3.13. The van der Waals surface area contributed by atoms with Crippen molar-refractivity contribution >= 4 is 17.0 Å². The second-order valence-electron chi connectivity index (χ2n) is 3.68. The fraction of sp³-hybridized carbons (Fsp3) is 0.500. The van der Waals surface area contributed by atoms with E-state index in [9.17, 15) is 0 Å². The highest BCUT2D eigenvalue weighted by molar-refractivity contribution is 5.82. The second-order valence-corrected chi connectivity index (χ2v) is 3.68. The van der Waals surface area contributed by atoms with Gasteiger partial charge in [-0.05, 0) is 20.0 Å². The number of imidazole rings is 1. The highest BCUT2D eigenvalue weighted by atomic mass is 15.2. The molecule has 0 aliphatic rings. The first-order chi connectivity index (χ1) is 7.83. The summed E-state index contributed by atoms with van der Waals surface area (Å²) in [4.78, 5) is 17.7. The van der Waals surface area contributed by atoms with E-state index < -0.39 is 0 Å². The molecule has 0 bridgehead atoms. The third-order valence-electron chi connectivity index (χ3n) is 2.48. The van der Waals surface area contributed by atoms with Gasteiger partial charge in [-0.2, -0.15) is 0 Å². The Kier molecular flexibility index (Phi) is 3.31. The van der Waals surface area contributed by atoms with Gasteiger partial charge in [-0.25, -0.2) is 15.0 Å². The summed E-state index contributed by atoms with van der Waals surface area (Å²) in [5.74, 6) is 0.901. The molecule has 2 rings (SSSR count). The van der Waals surface area contributed by atoms with Gasteiger partial charge >= 0.3 is 0 Å². The van der Waals surface area contributed by atoms with Gasteiger partial charge in [0.25, 0.3) is 0 Å². The fourth-order valence-corrected chi connectivity index (χ4v) is 1.64. The number of hydrogen-bond donors (Lipinski definition) is 2. The first kappa shape index (κ1) is 10.8. The van der Waals surface area contributed by atoms with Crippen molar-refractivity contribution in [1.29, 1.82) is 0 Å². The number of anilines is 1. The molecule has 6 heteroatoms. The second kappa shape index (κ2) is 4.89. The lowest BCUT2D eigenvalue weighted by Gasteiger charge is -2.17. The normalized spacial score (nSPS) is 10.9. The van der Waals surface area contributed by atoms with Gasteiger partial charge in [0, 0.05) is 13.6 Å². The Labute approximate surface area is 94.1 Å². The van der Waals surface area contributed by atoms with Crippen molar-refractivity contribution in [1.82, 2.24) is 25.3 Å². The Balaban J connectivity index is 2.15. The van der Waals surface area contributed by atoms with Crippen molar-refractivity contribution in [2.24, 2.45) is 0 Å². The van der Waals surface area contributed by atoms with E-state index in [1.165, 1.54) is 0 Å². The molecule has 0 saturated carbocycles. The molecule has 0 fully saturated rings. The van der Waals surface area contributed by atoms with Crippen LogP contribution in [0, 0.1) is 0 Å². The quantitative estimate of drug-likeness (QED) is 0.714. The number of H-pyrrole nitrogens is 1. The van der Waals surface area contributed by atoms with Crippen LogP contribution in [0.15, 0.2) is 12.7 Å². The van der Waals surface area contributed by atoms with E-state index in [1.54, 1.807) is 12.7 Å². The smallest absolute Gasteiger partial charge is 0.182 e. The van der Waals surface area contributed by atoms with Crippen LogP contribution in [0.3, 0.4) is 0 Å². The lowest BCUT2D eigenvalue weighted by molar-refractivity contribution is 0.710. The Morgan fingerprint density at radius 3 is 3.06 bits per heavy atom. The van der Waals surface area contributed by atoms with Crippen molar-refractivity contribution < 1.29 is 0 Å². The largest absolute Gasteiger partial charge is 0.358 e. The van der Waals surface area contributed by atoms with Crippen LogP contribution in [-0.4, -0.2) is 47.1 Å². The fourth-order valence-electron chi connectivity index (χ4n) is 1.64. The molecule has 86 valence electrons. The summed E-state index contributed by atoms with van der Waals surface area (Å²) >= 11 is 0. The number of nitrogens with one attached hydrogen (secondary N) is 2. The maximum Gasteiger partial charge on any atom is 0.182 e. The maximum absolute atomic E-state index is 4.28. The van der Waals surface area contributed by atoms with Crippen LogP contribution in [0.2, 0.25) is 0 Å². The van der Waals surface area contributed by atoms with Gasteiger partial charge < -0.3 is 15.2 Å². The third kappa shape index (κ3) is 2.11. The molecule has 0 aromatic carbocycles. The van der Waals surface area contributed by atoms with E-state index in [1.807, 2.05) is 14.1 Å². The van der Waals surface area contributed by atoms with Gasteiger partial charge in [-0.3, -0.25) is 0 Å². The Hall–Kier alpha value is -1.69. The Bertz CT molecular complexity index is 451. The zero-order chi connectivity index (χ0) is 11.4. The average Bonchev–Trinajstić information content (AvgIpc) is 2.76. The zero-order valence-corrected chi connectivity index (χ0v) is 9.56. The Morgan fingerprint density at radius 2 is 2.25 bits per heavy atom. The summed E-state index contributed by atoms with van der Waals surface area (Å²) in [6.07, 6.45) is 4.27. The molecule has 0 spiro atoms. The minimum atomic E-state index is 0.713. The number of aromatic amines is 1. The topological polar surface area (TPSA) is 69.7 Å². The molecular formula is C10H16N6. The lowest BCUT2D eigenvalue weighted by atomic mass is 10.3. The van der Waals surface area contributed by atoms with Crippen LogP contribution in [0.25, 0.3) is 11.2 Å². The molecule has 0 radical (unpaired) electrons. The summed E-state index contributed by atoms with van der Waals surface area (Å²) in [7, 11) is 3.98. The van der Waals surface area contributed by atoms with Crippen LogP contribution >= 0.6 is 0 Å². The Morgan fingerprint density at radius 1 is 1.38 bits per heavy atom. The number of hydrogen-bond acceptors (Lipinski definition) is 5. The van der Waals surface area contributed by atoms with Crippen LogP contribution in [0.4, 0.5) is 5.82 Å². The van der Waals surface area contributed by atoms with E-state index in [0.29, 0.717) is 5.65 Å². The van der Waals surface area contributed by atoms with Crippen molar-refractivity contribution in [3.05, 3.63) is 12.7 Å². The average molecular weight is 220 g/mol. The predicted molar refractivity (Wildman–Crippen MR) is 63.5 cm³/mol. The van der Waals surface area contributed by atoms with Crippen molar-refractivity contribution in [2.45, 2.75) is 6.42 Å². The van der Waals surface area contributed by atoms with Crippen molar-refractivity contribution in [2.75, 3.05) is 32.1 Å². The van der Waals surface area contributed by atoms with E-state index in [4.69, 9.17) is 0 Å². The molecule has 2 heterocycles. The minimum absolute atomic E-state index is 0.713. The molecule has 2 N–H and O–H groups in total. The first-order valence-corrected chi connectivity index (χ1v) is 5.32. The molecule has 16 heavy (non-hydrogen) atoms. The molecular weight excluding hydrogens is 204 g/mol. The minimum Gasteiger partial charge on any atom is -0.358 e. The van der Waals surface area contributed by atoms with E-state index in [0.717, 1.165) is 30.8 Å². The lowest BCUT2D eigenvalue weighted by Crippen LogP contribution is -2.23. The summed E-state index contributed by atoms with van der Waals surface area (Å²) in [5.41, 5.74) is 1.61. The van der Waals surface area contributed by atoms with Gasteiger partial charge in [-0.15, -0.1) is 0 Å². The van der Waals surface area contributed by atoms with Crippen LogP contribution in [0.5, 0.6) is 0 Å². The van der Waals surface area contributed by atoms with Gasteiger partial charge in [0.15, 0.2) is 11.5 Å². The number of rotatable bonds is 5. The van der Waals surface area contributed by atoms with Crippen LogP contribution in [0.1, 0.15) is 6.42 Å². The van der Waals surface area contributed by atoms with E-state index in [2.05, 4.69) is 30.2 Å². The van der Waals surface area contributed by atoms with Gasteiger partial charge in [0.1, 0.15) is 11.8 Å². The molecule has 0 aliphatic heterocycles. The molecule has 0 saturated heterocycles. The monoisotopic (exact) mass is 220 g/mol. The third-order valence-corrected chi connectivity index (χ3v) is 2.48. The predicted octanol–water partition coefficient (Wildman–Crippen LogP) is 0.399. The zero-order valence-electron chi connectivity index (χ0n) is 9.56. The van der Waals surface area contributed by atoms with Crippen LogP contribution < -0.4 is 10.2 Å². The number of fused-ring (bicyclic) bond motifs is 1. The van der Waals surface area contributed by atoms with Crippen molar-refractivity contribution in [3.8, 4) is 0 Å². The summed E-state index contributed by atoms with van der Waals surface area (Å²) < 4.78 is 0. The highest BCUT2D eigenvalue weighted by Crippen LogP contribution is 2.17. The molecule has 2 aromatic rings. The van der Waals surface area contributed by atoms with Crippen LogP contribution in [-0.2, 0) is 0 Å². The van der Waals surface area contributed by atoms with Crippen molar-refractivity contribution in [3.63, 3.8) is 0 Å². The summed E-state index contributed by atoms with van der Waals surface area (Å²) in [6, 6.07) is 0. The van der Waals surface area contributed by atoms with E-state index >= 15 is 0 Å². The maximum atomic E-state index is 4.28. The standard InChI is InChI=1S/C10H16N6/c1-11-4-3-5-16(2)10-8-9(13-6-12-8)14-7-15-10/h6-7,11H,3-5H2,1-2H3,(H,12,13,14,15). The van der Waals surface area contributed by atoms with Gasteiger partial charge in [-0.1, -0.05) is 0 Å². The molecule has 0 unspecified atom stereocenters. The van der Waals surface area contributed by atoms with Gasteiger partial charge in [0.2, 0.25) is 0 Å². The number of aromatic nitrogens is 4. The first-order valence-electron chi connectivity index (χ1n) is 5.32. The molecule has 6 nitrogen and oxygen atoms in total. The molecule has 2 aromatic heterocycles. The highest BCUT2D eigenvalue weighted by Gasteiger charge is 2.09. The summed E-state index contributed by atoms with van der Waals surface area (Å²) in [6.45, 7) is 1.95. The molecule has 0 atom stereocenters. The molecule has 0 amide bonds. The van der Waals surface area contributed by atoms with Gasteiger partial charge in [0.05, 0.1) is 6.33 Å². The SMILES string of the molecule is CNCCCN(C)c1ncnc2nc[nH]c12. The van der Waals surface area contributed by atoms with E-state index in [-0.39, 0.29) is 0 Å². The number of nitrogens with zero attached hydrogens (tertiary/aromatic N) is 4.